The van der Waals surface area contributed by atoms with Gasteiger partial charge in [0, 0.05) is 19.3 Å². The third-order valence-corrected chi connectivity index (χ3v) is 12.0. The zero-order valence-electron chi connectivity index (χ0n) is 45.9. The van der Waals surface area contributed by atoms with Crippen molar-refractivity contribution in [3.63, 3.8) is 0 Å². The highest BCUT2D eigenvalue weighted by atomic mass is 16.6. The molecule has 0 spiro atoms. The van der Waals surface area contributed by atoms with Crippen molar-refractivity contribution in [2.45, 2.75) is 258 Å². The topological polar surface area (TPSA) is 78.9 Å². The van der Waals surface area contributed by atoms with Crippen LogP contribution < -0.4 is 0 Å². The van der Waals surface area contributed by atoms with E-state index in [2.05, 4.69) is 130 Å². The highest BCUT2D eigenvalue weighted by Gasteiger charge is 2.19. The molecule has 0 aliphatic heterocycles. The van der Waals surface area contributed by atoms with Crippen LogP contribution in [-0.2, 0) is 28.6 Å². The van der Waals surface area contributed by atoms with Gasteiger partial charge in [-0.1, -0.05) is 258 Å². The average molecular weight is 984 g/mol. The molecule has 0 aromatic rings. The van der Waals surface area contributed by atoms with Crippen LogP contribution in [0, 0.1) is 0 Å². The molecule has 0 bridgehead atoms. The number of esters is 3. The van der Waals surface area contributed by atoms with E-state index in [1.54, 1.807) is 0 Å². The van der Waals surface area contributed by atoms with Gasteiger partial charge in [-0.3, -0.25) is 14.4 Å². The van der Waals surface area contributed by atoms with Gasteiger partial charge in [-0.2, -0.15) is 0 Å². The summed E-state index contributed by atoms with van der Waals surface area (Å²) >= 11 is 0. The van der Waals surface area contributed by atoms with E-state index in [0.29, 0.717) is 19.3 Å². The van der Waals surface area contributed by atoms with Crippen molar-refractivity contribution in [3.8, 4) is 0 Å². The predicted molar refractivity (Wildman–Crippen MR) is 306 cm³/mol. The van der Waals surface area contributed by atoms with Crippen LogP contribution in [0.4, 0.5) is 0 Å². The van der Waals surface area contributed by atoms with Crippen LogP contribution in [0.2, 0.25) is 0 Å². The lowest BCUT2D eigenvalue weighted by atomic mass is 10.0. The molecule has 0 aromatic heterocycles. The molecule has 0 radical (unpaired) electrons. The molecule has 0 rings (SSSR count). The minimum absolute atomic E-state index is 0.109. The van der Waals surface area contributed by atoms with Crippen LogP contribution in [0.1, 0.15) is 252 Å². The Morgan fingerprint density at radius 2 is 0.577 bits per heavy atom. The Kier molecular flexibility index (Phi) is 54.9. The molecule has 0 fully saturated rings. The Hall–Kier alpha value is -4.19. The fourth-order valence-electron chi connectivity index (χ4n) is 7.69. The van der Waals surface area contributed by atoms with Crippen molar-refractivity contribution in [2.75, 3.05) is 13.2 Å². The first-order valence-electron chi connectivity index (χ1n) is 29.0. The smallest absolute Gasteiger partial charge is 0.306 e. The number of hydrogen-bond donors (Lipinski definition) is 0. The van der Waals surface area contributed by atoms with E-state index < -0.39 is 12.1 Å². The number of carbonyl (C=O) groups excluding carboxylic acids is 3. The highest BCUT2D eigenvalue weighted by Crippen LogP contribution is 2.15. The van der Waals surface area contributed by atoms with Gasteiger partial charge in [-0.25, -0.2) is 0 Å². The number of unbranched alkanes of at least 4 members (excludes halogenated alkanes) is 20. The minimum Gasteiger partial charge on any atom is -0.462 e. The predicted octanol–water partition coefficient (Wildman–Crippen LogP) is 19.6. The lowest BCUT2D eigenvalue weighted by Gasteiger charge is -2.18. The summed E-state index contributed by atoms with van der Waals surface area (Å²) in [4.78, 5) is 38.1. The zero-order valence-corrected chi connectivity index (χ0v) is 45.9. The quantitative estimate of drug-likeness (QED) is 0.0261. The van der Waals surface area contributed by atoms with Gasteiger partial charge >= 0.3 is 17.9 Å². The maximum atomic E-state index is 12.8. The van der Waals surface area contributed by atoms with Crippen molar-refractivity contribution in [3.05, 3.63) is 122 Å². The van der Waals surface area contributed by atoms with Gasteiger partial charge in [0.15, 0.2) is 6.10 Å². The minimum atomic E-state index is -0.821. The highest BCUT2D eigenvalue weighted by molar-refractivity contribution is 5.71. The Morgan fingerprint density at radius 3 is 0.915 bits per heavy atom. The van der Waals surface area contributed by atoms with E-state index in [0.717, 1.165) is 109 Å². The molecular formula is C65H106O6. The first-order valence-corrected chi connectivity index (χ1v) is 29.0. The number of rotatable bonds is 51. The molecule has 6 nitrogen and oxygen atoms in total. The molecule has 0 amide bonds. The van der Waals surface area contributed by atoms with Crippen LogP contribution in [0.5, 0.6) is 0 Å². The maximum absolute atomic E-state index is 12.8. The molecule has 0 aliphatic rings. The Morgan fingerprint density at radius 1 is 0.296 bits per heavy atom. The third kappa shape index (κ3) is 56.6. The van der Waals surface area contributed by atoms with Gasteiger partial charge in [0.1, 0.15) is 13.2 Å². The first-order chi connectivity index (χ1) is 35.0. The fraction of sp³-hybridized carbons (Fsp3) is 0.646. The average Bonchev–Trinajstić information content (AvgIpc) is 3.37. The molecule has 71 heavy (non-hydrogen) atoms. The van der Waals surface area contributed by atoms with E-state index in [4.69, 9.17) is 14.2 Å². The molecular weight excluding hydrogens is 877 g/mol. The summed E-state index contributed by atoms with van der Waals surface area (Å²) in [6, 6.07) is 0. The fourth-order valence-corrected chi connectivity index (χ4v) is 7.69. The molecule has 0 saturated carbocycles. The second-order valence-corrected chi connectivity index (χ2v) is 18.8. The van der Waals surface area contributed by atoms with Gasteiger partial charge in [-0.15, -0.1) is 0 Å². The Balaban J connectivity index is 4.35. The van der Waals surface area contributed by atoms with E-state index in [1.165, 1.54) is 96.3 Å². The molecule has 1 atom stereocenters. The standard InChI is InChI=1S/C65H106O6/c1-4-7-10-13-16-19-22-25-26-27-28-29-30-31-32-33-34-35-36-37-38-41-43-46-49-52-55-58-64(67)70-61-62(71-65(68)59-56-53-50-47-44-40-24-21-18-15-12-9-6-3)60-69-63(66)57-54-51-48-45-42-39-23-20-17-14-11-8-5-2/h7,9-10,12,16,18-19,21,25-26,28-29,31-32,34-35,40,44,50,53,62H,4-6,8,11,13-15,17,20,22-24,27,30,33,36-39,41-43,45-49,51-52,54-61H2,1-3H3/b10-7-,12-9-,19-16-,21-18-,26-25-,29-28-,32-31-,35-34-,44-40-,53-50-. The van der Waals surface area contributed by atoms with Gasteiger partial charge in [0.25, 0.3) is 0 Å². The van der Waals surface area contributed by atoms with Gasteiger partial charge in [-0.05, 0) is 96.3 Å². The van der Waals surface area contributed by atoms with Crippen molar-refractivity contribution in [2.24, 2.45) is 0 Å². The molecule has 0 aromatic carbocycles. The number of carbonyl (C=O) groups is 3. The van der Waals surface area contributed by atoms with Crippen LogP contribution in [0.3, 0.4) is 0 Å². The third-order valence-electron chi connectivity index (χ3n) is 12.0. The Labute approximate surface area is 437 Å². The van der Waals surface area contributed by atoms with E-state index in [1.807, 2.05) is 12.2 Å². The summed E-state index contributed by atoms with van der Waals surface area (Å²) in [7, 11) is 0. The second kappa shape index (κ2) is 58.4. The summed E-state index contributed by atoms with van der Waals surface area (Å²) in [6.45, 7) is 6.34. The summed E-state index contributed by atoms with van der Waals surface area (Å²) in [6.07, 6.45) is 80.7. The molecule has 0 N–H and O–H groups in total. The number of hydrogen-bond acceptors (Lipinski definition) is 6. The van der Waals surface area contributed by atoms with Crippen molar-refractivity contribution in [1.82, 2.24) is 0 Å². The lowest BCUT2D eigenvalue weighted by Crippen LogP contribution is -2.30. The monoisotopic (exact) mass is 983 g/mol. The van der Waals surface area contributed by atoms with Crippen molar-refractivity contribution in [1.29, 1.82) is 0 Å². The van der Waals surface area contributed by atoms with Crippen LogP contribution >= 0.6 is 0 Å². The van der Waals surface area contributed by atoms with Crippen LogP contribution in [0.25, 0.3) is 0 Å². The summed E-state index contributed by atoms with van der Waals surface area (Å²) in [5, 5.41) is 0. The normalized spacial score (nSPS) is 13.0. The summed E-state index contributed by atoms with van der Waals surface area (Å²) in [5.74, 6) is -1.00. The largest absolute Gasteiger partial charge is 0.462 e. The summed E-state index contributed by atoms with van der Waals surface area (Å²) < 4.78 is 16.8. The first kappa shape index (κ1) is 66.8. The van der Waals surface area contributed by atoms with E-state index >= 15 is 0 Å². The molecule has 0 saturated heterocycles. The summed E-state index contributed by atoms with van der Waals surface area (Å²) in [5.41, 5.74) is 0. The lowest BCUT2D eigenvalue weighted by molar-refractivity contribution is -0.166. The molecule has 0 heterocycles. The van der Waals surface area contributed by atoms with Crippen LogP contribution in [-0.4, -0.2) is 37.2 Å². The molecule has 0 aliphatic carbocycles. The molecule has 402 valence electrons. The second-order valence-electron chi connectivity index (χ2n) is 18.8. The maximum Gasteiger partial charge on any atom is 0.306 e. The number of ether oxygens (including phenoxy) is 3. The number of allylic oxidation sites excluding steroid dienone is 20. The van der Waals surface area contributed by atoms with Crippen LogP contribution in [0.15, 0.2) is 122 Å². The SMILES string of the molecule is CC/C=C\C/C=C\C/C=C\C/C=C\C/C=C\C/C=C\CCCCCCCCCCC(=O)OCC(COC(=O)CCCCCCCCCCCCCCC)OC(=O)CC/C=C\C/C=C\C/C=C\C/C=C\CC. The van der Waals surface area contributed by atoms with Gasteiger partial charge in [0.2, 0.25) is 0 Å². The van der Waals surface area contributed by atoms with Gasteiger partial charge < -0.3 is 14.2 Å². The molecule has 1 unspecified atom stereocenters. The van der Waals surface area contributed by atoms with E-state index in [9.17, 15) is 14.4 Å². The zero-order chi connectivity index (χ0) is 51.4. The van der Waals surface area contributed by atoms with Crippen molar-refractivity contribution < 1.29 is 28.6 Å². The molecule has 6 heteroatoms. The Bertz CT molecular complexity index is 1500. The van der Waals surface area contributed by atoms with E-state index in [-0.39, 0.29) is 31.6 Å². The van der Waals surface area contributed by atoms with Crippen molar-refractivity contribution >= 4 is 17.9 Å². The van der Waals surface area contributed by atoms with Gasteiger partial charge in [0.05, 0.1) is 0 Å².